The van der Waals surface area contributed by atoms with Crippen molar-refractivity contribution in [1.82, 2.24) is 0 Å². The predicted octanol–water partition coefficient (Wildman–Crippen LogP) is 5.29. The number of thiophene rings is 1. The van der Waals surface area contributed by atoms with Gasteiger partial charge in [0.1, 0.15) is 11.5 Å². The van der Waals surface area contributed by atoms with E-state index in [1.165, 1.54) is 23.5 Å². The fourth-order valence-electron chi connectivity index (χ4n) is 1.59. The van der Waals surface area contributed by atoms with E-state index in [9.17, 15) is 4.79 Å². The number of hydrogen-bond acceptors (Lipinski definition) is 3. The molecule has 0 radical (unpaired) electrons. The van der Waals surface area contributed by atoms with Crippen molar-refractivity contribution in [2.45, 2.75) is 13.5 Å². The zero-order valence-electron chi connectivity index (χ0n) is 10.2. The Morgan fingerprint density at radius 2 is 1.85 bits per heavy atom. The fourth-order valence-corrected chi connectivity index (χ4v) is 3.38. The molecule has 106 valence electrons. The lowest BCUT2D eigenvalue weighted by Gasteiger charge is -2.10. The third kappa shape index (κ3) is 3.38. The maximum atomic E-state index is 10.9. The van der Waals surface area contributed by atoms with Gasteiger partial charge in [-0.15, -0.1) is 11.3 Å². The van der Waals surface area contributed by atoms with Gasteiger partial charge in [0, 0.05) is 15.5 Å². The first kappa shape index (κ1) is 15.4. The first-order valence-corrected chi connectivity index (χ1v) is 7.43. The molecule has 2 rings (SSSR count). The third-order valence-electron chi connectivity index (χ3n) is 2.57. The van der Waals surface area contributed by atoms with Crippen molar-refractivity contribution in [3.05, 3.63) is 48.6 Å². The van der Waals surface area contributed by atoms with Gasteiger partial charge in [-0.3, -0.25) is 0 Å². The van der Waals surface area contributed by atoms with Crippen LogP contribution in [0.3, 0.4) is 0 Å². The summed E-state index contributed by atoms with van der Waals surface area (Å²) < 4.78 is 5.57. The summed E-state index contributed by atoms with van der Waals surface area (Å²) in [5, 5.41) is 9.99. The smallest absolute Gasteiger partial charge is 0.345 e. The number of ether oxygens (including phenoxy) is 1. The molecule has 0 saturated carbocycles. The number of hydrogen-bond donors (Lipinski definition) is 1. The van der Waals surface area contributed by atoms with E-state index in [-0.39, 0.29) is 11.5 Å². The van der Waals surface area contributed by atoms with Crippen molar-refractivity contribution < 1.29 is 14.6 Å². The van der Waals surface area contributed by atoms with Gasteiger partial charge in [0.05, 0.1) is 10.0 Å². The molecule has 7 heteroatoms. The van der Waals surface area contributed by atoms with Crippen molar-refractivity contribution in [2.24, 2.45) is 0 Å². The molecule has 0 amide bonds. The van der Waals surface area contributed by atoms with Crippen LogP contribution in [-0.2, 0) is 6.61 Å². The molecule has 0 spiro atoms. The molecule has 0 bridgehead atoms. The Morgan fingerprint density at radius 3 is 2.35 bits per heavy atom. The van der Waals surface area contributed by atoms with Gasteiger partial charge in [0.2, 0.25) is 0 Å². The first-order chi connectivity index (χ1) is 9.38. The van der Waals surface area contributed by atoms with Crippen molar-refractivity contribution in [3.63, 3.8) is 0 Å². The topological polar surface area (TPSA) is 46.5 Å². The second kappa shape index (κ2) is 6.22. The Morgan fingerprint density at radius 1 is 1.25 bits per heavy atom. The Kier molecular flexibility index (Phi) is 4.81. The summed E-state index contributed by atoms with van der Waals surface area (Å²) in [5.41, 5.74) is 0.787. The number of aryl methyl sites for hydroxylation is 1. The van der Waals surface area contributed by atoms with Gasteiger partial charge in [-0.25, -0.2) is 4.79 Å². The highest BCUT2D eigenvalue weighted by atomic mass is 35.5. The van der Waals surface area contributed by atoms with Crippen LogP contribution in [0.1, 0.15) is 20.1 Å². The lowest BCUT2D eigenvalue weighted by molar-refractivity contribution is 0.0702. The SMILES string of the molecule is Cc1sc(C(=O)O)cc1COc1c(Cl)cc(Cl)cc1Cl. The predicted molar refractivity (Wildman–Crippen MR) is 81.8 cm³/mol. The quantitative estimate of drug-likeness (QED) is 0.813. The van der Waals surface area contributed by atoms with Crippen LogP contribution < -0.4 is 4.74 Å². The summed E-state index contributed by atoms with van der Waals surface area (Å²) in [4.78, 5) is 12.1. The van der Waals surface area contributed by atoms with Crippen molar-refractivity contribution >= 4 is 52.1 Å². The number of carbonyl (C=O) groups is 1. The highest BCUT2D eigenvalue weighted by Gasteiger charge is 2.14. The molecule has 0 aliphatic carbocycles. The van der Waals surface area contributed by atoms with Gasteiger partial charge in [0.25, 0.3) is 0 Å². The zero-order chi connectivity index (χ0) is 14.9. The number of carboxylic acids is 1. The molecular formula is C13H9Cl3O3S. The number of benzene rings is 1. The standard InChI is InChI=1S/C13H9Cl3O3S/c1-6-7(2-11(20-6)13(17)18)5-19-12-9(15)3-8(14)4-10(12)16/h2-4H,5H2,1H3,(H,17,18). The van der Waals surface area contributed by atoms with Crippen LogP contribution in [0.25, 0.3) is 0 Å². The van der Waals surface area contributed by atoms with E-state index >= 15 is 0 Å². The van der Waals surface area contributed by atoms with E-state index in [0.29, 0.717) is 20.8 Å². The molecule has 1 heterocycles. The number of aromatic carboxylic acids is 1. The van der Waals surface area contributed by atoms with Gasteiger partial charge < -0.3 is 9.84 Å². The van der Waals surface area contributed by atoms with Gasteiger partial charge in [-0.1, -0.05) is 34.8 Å². The van der Waals surface area contributed by atoms with Gasteiger partial charge in [-0.05, 0) is 25.1 Å². The highest BCUT2D eigenvalue weighted by molar-refractivity contribution is 7.14. The van der Waals surface area contributed by atoms with Crippen LogP contribution in [0.5, 0.6) is 5.75 Å². The molecule has 2 aromatic rings. The molecule has 0 atom stereocenters. The second-order valence-corrected chi connectivity index (χ2v) is 6.49. The molecule has 1 N–H and O–H groups in total. The van der Waals surface area contributed by atoms with Crippen LogP contribution in [0.15, 0.2) is 18.2 Å². The summed E-state index contributed by atoms with van der Waals surface area (Å²) in [6.45, 7) is 2.03. The maximum Gasteiger partial charge on any atom is 0.345 e. The lowest BCUT2D eigenvalue weighted by Crippen LogP contribution is -1.97. The Bertz CT molecular complexity index is 644. The fraction of sp³-hybridized carbons (Fsp3) is 0.154. The highest BCUT2D eigenvalue weighted by Crippen LogP contribution is 2.36. The zero-order valence-corrected chi connectivity index (χ0v) is 13.3. The van der Waals surface area contributed by atoms with Crippen molar-refractivity contribution in [2.75, 3.05) is 0 Å². The third-order valence-corrected chi connectivity index (χ3v) is 4.43. The minimum atomic E-state index is -0.952. The minimum Gasteiger partial charge on any atom is -0.486 e. The van der Waals surface area contributed by atoms with Crippen molar-refractivity contribution in [1.29, 1.82) is 0 Å². The minimum absolute atomic E-state index is 0.191. The average molecular weight is 352 g/mol. The molecule has 20 heavy (non-hydrogen) atoms. The Labute approximate surface area is 134 Å². The first-order valence-electron chi connectivity index (χ1n) is 5.48. The van der Waals surface area contributed by atoms with E-state index in [1.807, 2.05) is 6.92 Å². The number of halogens is 3. The van der Waals surface area contributed by atoms with Crippen LogP contribution in [0, 0.1) is 6.92 Å². The monoisotopic (exact) mass is 350 g/mol. The van der Waals surface area contributed by atoms with Crippen molar-refractivity contribution in [3.8, 4) is 5.75 Å². The number of carboxylic acid groups (broad SMARTS) is 1. The average Bonchev–Trinajstić information content (AvgIpc) is 2.70. The van der Waals surface area contributed by atoms with E-state index < -0.39 is 5.97 Å². The van der Waals surface area contributed by atoms with E-state index in [4.69, 9.17) is 44.6 Å². The maximum absolute atomic E-state index is 10.9. The van der Waals surface area contributed by atoms with E-state index in [1.54, 1.807) is 6.07 Å². The van der Waals surface area contributed by atoms with Gasteiger partial charge in [-0.2, -0.15) is 0 Å². The molecule has 0 aliphatic heterocycles. The van der Waals surface area contributed by atoms with Crippen LogP contribution in [0.2, 0.25) is 15.1 Å². The molecule has 0 fully saturated rings. The van der Waals surface area contributed by atoms with Crippen LogP contribution >= 0.6 is 46.1 Å². The van der Waals surface area contributed by atoms with Gasteiger partial charge in [0.15, 0.2) is 5.75 Å². The Hall–Kier alpha value is -0.940. The van der Waals surface area contributed by atoms with Crippen LogP contribution in [0.4, 0.5) is 0 Å². The molecule has 0 aliphatic rings. The summed E-state index contributed by atoms with van der Waals surface area (Å²) in [5.74, 6) is -0.618. The van der Waals surface area contributed by atoms with Gasteiger partial charge >= 0.3 is 5.97 Å². The molecule has 1 aromatic heterocycles. The molecule has 0 saturated heterocycles. The molecule has 3 nitrogen and oxygen atoms in total. The molecule has 0 unspecified atom stereocenters. The molecular weight excluding hydrogens is 343 g/mol. The summed E-state index contributed by atoms with van der Waals surface area (Å²) in [6.07, 6.45) is 0. The molecule has 1 aromatic carbocycles. The summed E-state index contributed by atoms with van der Waals surface area (Å²) in [6, 6.07) is 4.65. The van der Waals surface area contributed by atoms with E-state index in [0.717, 1.165) is 10.4 Å². The largest absolute Gasteiger partial charge is 0.486 e. The Balaban J connectivity index is 2.19. The van der Waals surface area contributed by atoms with Crippen LogP contribution in [-0.4, -0.2) is 11.1 Å². The van der Waals surface area contributed by atoms with E-state index in [2.05, 4.69) is 0 Å². The summed E-state index contributed by atoms with van der Waals surface area (Å²) in [7, 11) is 0. The summed E-state index contributed by atoms with van der Waals surface area (Å²) >= 11 is 19.0. The lowest BCUT2D eigenvalue weighted by atomic mass is 10.2. The normalized spacial score (nSPS) is 10.6. The number of rotatable bonds is 4. The second-order valence-electron chi connectivity index (χ2n) is 3.98.